The first-order valence-corrected chi connectivity index (χ1v) is 6.64. The molecule has 1 aromatic rings. The van der Waals surface area contributed by atoms with Gasteiger partial charge in [0.1, 0.15) is 0 Å². The van der Waals surface area contributed by atoms with Gasteiger partial charge in [-0.05, 0) is 30.7 Å². The van der Waals surface area contributed by atoms with E-state index in [2.05, 4.69) is 15.8 Å². The zero-order valence-electron chi connectivity index (χ0n) is 12.5. The van der Waals surface area contributed by atoms with Gasteiger partial charge >= 0.3 is 11.8 Å². The summed E-state index contributed by atoms with van der Waals surface area (Å²) in [5.41, 5.74) is 2.70. The Labute approximate surface area is 128 Å². The molecule has 0 fully saturated rings. The van der Waals surface area contributed by atoms with Gasteiger partial charge in [-0.3, -0.25) is 9.59 Å². The van der Waals surface area contributed by atoms with Crippen LogP contribution in [0.1, 0.15) is 12.5 Å². The molecule has 2 amide bonds. The first-order valence-electron chi connectivity index (χ1n) is 6.64. The molecule has 0 saturated carbocycles. The number of carbonyl (C=O) groups excluding carboxylic acids is 2. The van der Waals surface area contributed by atoms with Gasteiger partial charge < -0.3 is 19.9 Å². The van der Waals surface area contributed by atoms with Crippen molar-refractivity contribution in [1.82, 2.24) is 10.7 Å². The molecule has 0 atom stereocenters. The van der Waals surface area contributed by atoms with Crippen LogP contribution in [-0.4, -0.2) is 50.0 Å². The predicted octanol–water partition coefficient (Wildman–Crippen LogP) is 0.00360. The summed E-state index contributed by atoms with van der Waals surface area (Å²) in [5.74, 6) is -1.35. The summed E-state index contributed by atoms with van der Waals surface area (Å²) in [6.07, 6.45) is 1.34. The fraction of sp³-hybridized carbons (Fsp3) is 0.357. The highest BCUT2D eigenvalue weighted by atomic mass is 16.5. The standard InChI is InChI=1S/C14H19N3O5/c1-3-22-12-8-10(4-5-11(12)18)9-16-17-14(20)13(19)15-6-7-21-2/h4-5,8-9,18H,3,6-7H2,1-2H3,(H,15,19)(H,17,20)/b16-9-. The maximum atomic E-state index is 11.4. The van der Waals surface area contributed by atoms with Crippen LogP contribution >= 0.6 is 0 Å². The minimum atomic E-state index is -0.879. The van der Waals surface area contributed by atoms with Crippen molar-refractivity contribution in [2.75, 3.05) is 26.9 Å². The molecule has 120 valence electrons. The number of amides is 2. The molecule has 0 heterocycles. The van der Waals surface area contributed by atoms with Crippen LogP contribution in [0.15, 0.2) is 23.3 Å². The molecule has 0 aromatic heterocycles. The van der Waals surface area contributed by atoms with Crippen molar-refractivity contribution in [3.8, 4) is 11.5 Å². The van der Waals surface area contributed by atoms with Gasteiger partial charge in [0, 0.05) is 13.7 Å². The van der Waals surface area contributed by atoms with Gasteiger partial charge in [0.2, 0.25) is 0 Å². The molecular formula is C14H19N3O5. The monoisotopic (exact) mass is 309 g/mol. The second kappa shape index (κ2) is 9.35. The predicted molar refractivity (Wildman–Crippen MR) is 79.9 cm³/mol. The lowest BCUT2D eigenvalue weighted by atomic mass is 10.2. The van der Waals surface area contributed by atoms with E-state index in [1.54, 1.807) is 19.1 Å². The number of rotatable bonds is 7. The molecule has 1 rings (SSSR count). The average molecular weight is 309 g/mol. The van der Waals surface area contributed by atoms with Crippen LogP contribution in [0.2, 0.25) is 0 Å². The SMILES string of the molecule is CCOc1cc(/C=N\NC(=O)C(=O)NCCOC)ccc1O. The fourth-order valence-corrected chi connectivity index (χ4v) is 1.45. The van der Waals surface area contributed by atoms with Crippen LogP contribution in [0.5, 0.6) is 11.5 Å². The number of carbonyl (C=O) groups is 2. The Morgan fingerprint density at radius 2 is 2.14 bits per heavy atom. The molecule has 0 aliphatic carbocycles. The van der Waals surface area contributed by atoms with Crippen LogP contribution in [0.25, 0.3) is 0 Å². The average Bonchev–Trinajstić information content (AvgIpc) is 2.50. The molecule has 1 aromatic carbocycles. The van der Waals surface area contributed by atoms with E-state index in [0.29, 0.717) is 24.5 Å². The minimum Gasteiger partial charge on any atom is -0.504 e. The van der Waals surface area contributed by atoms with E-state index >= 15 is 0 Å². The molecule has 8 heteroatoms. The van der Waals surface area contributed by atoms with Gasteiger partial charge in [-0.25, -0.2) is 5.43 Å². The van der Waals surface area contributed by atoms with Crippen molar-refractivity contribution in [3.63, 3.8) is 0 Å². The molecular weight excluding hydrogens is 290 g/mol. The minimum absolute atomic E-state index is 0.0144. The van der Waals surface area contributed by atoms with Crippen molar-refractivity contribution >= 4 is 18.0 Å². The van der Waals surface area contributed by atoms with Crippen LogP contribution in [-0.2, 0) is 14.3 Å². The third kappa shape index (κ3) is 5.80. The summed E-state index contributed by atoms with van der Waals surface area (Å²) in [6, 6.07) is 4.60. The first kappa shape index (κ1) is 17.4. The summed E-state index contributed by atoms with van der Waals surface area (Å²) in [5, 5.41) is 15.6. The molecule has 0 saturated heterocycles. The largest absolute Gasteiger partial charge is 0.504 e. The fourth-order valence-electron chi connectivity index (χ4n) is 1.45. The third-order valence-corrected chi connectivity index (χ3v) is 2.46. The van der Waals surface area contributed by atoms with E-state index in [0.717, 1.165) is 0 Å². The summed E-state index contributed by atoms with van der Waals surface area (Å²) in [4.78, 5) is 22.7. The highest BCUT2D eigenvalue weighted by molar-refractivity contribution is 6.35. The molecule has 0 spiro atoms. The van der Waals surface area contributed by atoms with E-state index in [9.17, 15) is 14.7 Å². The van der Waals surface area contributed by atoms with Crippen molar-refractivity contribution in [3.05, 3.63) is 23.8 Å². The van der Waals surface area contributed by atoms with Crippen molar-refractivity contribution < 1.29 is 24.2 Å². The number of aromatic hydroxyl groups is 1. The Kier molecular flexibility index (Phi) is 7.41. The zero-order chi connectivity index (χ0) is 16.4. The number of nitrogens with zero attached hydrogens (tertiary/aromatic N) is 1. The Morgan fingerprint density at radius 3 is 2.82 bits per heavy atom. The number of phenolic OH excluding ortho intramolecular Hbond substituents is 1. The molecule has 3 N–H and O–H groups in total. The van der Waals surface area contributed by atoms with Gasteiger partial charge in [-0.2, -0.15) is 5.10 Å². The van der Waals surface area contributed by atoms with E-state index in [4.69, 9.17) is 9.47 Å². The van der Waals surface area contributed by atoms with Crippen molar-refractivity contribution in [2.45, 2.75) is 6.92 Å². The summed E-state index contributed by atoms with van der Waals surface area (Å²) >= 11 is 0. The highest BCUT2D eigenvalue weighted by Crippen LogP contribution is 2.25. The van der Waals surface area contributed by atoms with E-state index in [1.165, 1.54) is 19.4 Å². The van der Waals surface area contributed by atoms with E-state index in [-0.39, 0.29) is 12.3 Å². The number of hydrogen-bond acceptors (Lipinski definition) is 6. The molecule has 22 heavy (non-hydrogen) atoms. The van der Waals surface area contributed by atoms with Crippen LogP contribution in [0, 0.1) is 0 Å². The molecule has 0 radical (unpaired) electrons. The smallest absolute Gasteiger partial charge is 0.329 e. The second-order valence-electron chi connectivity index (χ2n) is 4.11. The topological polar surface area (TPSA) is 109 Å². The van der Waals surface area contributed by atoms with Gasteiger partial charge in [-0.15, -0.1) is 0 Å². The normalized spacial score (nSPS) is 10.5. The Balaban J connectivity index is 2.53. The maximum absolute atomic E-state index is 11.4. The lowest BCUT2D eigenvalue weighted by Gasteiger charge is -2.06. The third-order valence-electron chi connectivity index (χ3n) is 2.46. The number of methoxy groups -OCH3 is 1. The molecule has 0 aliphatic heterocycles. The first-order chi connectivity index (χ1) is 10.6. The quantitative estimate of drug-likeness (QED) is 0.284. The van der Waals surface area contributed by atoms with Gasteiger partial charge in [0.15, 0.2) is 11.5 Å². The van der Waals surface area contributed by atoms with E-state index < -0.39 is 11.8 Å². The van der Waals surface area contributed by atoms with Crippen LogP contribution < -0.4 is 15.5 Å². The zero-order valence-corrected chi connectivity index (χ0v) is 12.5. The number of phenols is 1. The number of hydrogen-bond donors (Lipinski definition) is 3. The van der Waals surface area contributed by atoms with Crippen LogP contribution in [0.3, 0.4) is 0 Å². The Morgan fingerprint density at radius 1 is 1.36 bits per heavy atom. The lowest BCUT2D eigenvalue weighted by molar-refractivity contribution is -0.139. The number of hydrazone groups is 1. The highest BCUT2D eigenvalue weighted by Gasteiger charge is 2.11. The van der Waals surface area contributed by atoms with Gasteiger partial charge in [0.05, 0.1) is 19.4 Å². The van der Waals surface area contributed by atoms with Crippen molar-refractivity contribution in [1.29, 1.82) is 0 Å². The Bertz CT molecular complexity index is 545. The van der Waals surface area contributed by atoms with Gasteiger partial charge in [0.25, 0.3) is 0 Å². The number of ether oxygens (including phenoxy) is 2. The Hall–Kier alpha value is -2.61. The molecule has 0 unspecified atom stereocenters. The van der Waals surface area contributed by atoms with Crippen molar-refractivity contribution in [2.24, 2.45) is 5.10 Å². The summed E-state index contributed by atoms with van der Waals surface area (Å²) < 4.78 is 9.97. The molecule has 0 bridgehead atoms. The van der Waals surface area contributed by atoms with Crippen LogP contribution in [0.4, 0.5) is 0 Å². The summed E-state index contributed by atoms with van der Waals surface area (Å²) in [7, 11) is 1.49. The number of benzene rings is 1. The molecule has 8 nitrogen and oxygen atoms in total. The molecule has 0 aliphatic rings. The van der Waals surface area contributed by atoms with Gasteiger partial charge in [-0.1, -0.05) is 0 Å². The number of nitrogens with one attached hydrogen (secondary N) is 2. The summed E-state index contributed by atoms with van der Waals surface area (Å²) in [6.45, 7) is 2.76. The lowest BCUT2D eigenvalue weighted by Crippen LogP contribution is -2.39. The second-order valence-corrected chi connectivity index (χ2v) is 4.11. The maximum Gasteiger partial charge on any atom is 0.329 e. The van der Waals surface area contributed by atoms with E-state index in [1.807, 2.05) is 0 Å².